The summed E-state index contributed by atoms with van der Waals surface area (Å²) in [7, 11) is 0. The van der Waals surface area contributed by atoms with E-state index in [4.69, 9.17) is 5.26 Å². The van der Waals surface area contributed by atoms with Crippen molar-refractivity contribution < 1.29 is 0 Å². The molecule has 0 saturated carbocycles. The van der Waals surface area contributed by atoms with E-state index in [1.54, 1.807) is 6.07 Å². The number of para-hydroxylation sites is 1. The van der Waals surface area contributed by atoms with E-state index in [-0.39, 0.29) is 0 Å². The number of hydrogen-bond donors (Lipinski definition) is 1. The number of aryl methyl sites for hydroxylation is 3. The molecule has 0 bridgehead atoms. The van der Waals surface area contributed by atoms with Gasteiger partial charge in [-0.25, -0.2) is 4.98 Å². The smallest absolute Gasteiger partial charge is 0.139 e. The van der Waals surface area contributed by atoms with Crippen LogP contribution in [0.15, 0.2) is 30.3 Å². The van der Waals surface area contributed by atoms with Gasteiger partial charge in [0.25, 0.3) is 0 Å². The molecule has 3 heteroatoms. The Bertz CT molecular complexity index is 827. The van der Waals surface area contributed by atoms with Crippen LogP contribution in [0.25, 0.3) is 22.4 Å². The highest BCUT2D eigenvalue weighted by molar-refractivity contribution is 5.85. The minimum Gasteiger partial charge on any atom is -0.338 e. The first kappa shape index (κ1) is 12.4. The number of H-pyrrole nitrogens is 1. The maximum Gasteiger partial charge on any atom is 0.139 e. The van der Waals surface area contributed by atoms with Crippen molar-refractivity contribution in [3.05, 3.63) is 52.6 Å². The number of nitriles is 1. The molecular weight excluding hydrogens is 246 g/mol. The van der Waals surface area contributed by atoms with Gasteiger partial charge in [-0.05, 0) is 44.0 Å². The van der Waals surface area contributed by atoms with E-state index in [9.17, 15) is 0 Å². The Morgan fingerprint density at radius 2 is 1.80 bits per heavy atom. The van der Waals surface area contributed by atoms with Gasteiger partial charge in [-0.15, -0.1) is 0 Å². The molecule has 3 nitrogen and oxygen atoms in total. The lowest BCUT2D eigenvalue weighted by Gasteiger charge is -2.08. The van der Waals surface area contributed by atoms with Crippen molar-refractivity contribution in [3.63, 3.8) is 0 Å². The molecule has 2 aromatic carbocycles. The van der Waals surface area contributed by atoms with Gasteiger partial charge in [-0.2, -0.15) is 5.26 Å². The number of benzene rings is 2. The minimum absolute atomic E-state index is 0.604. The number of nitrogens with zero attached hydrogens (tertiary/aromatic N) is 2. The molecule has 98 valence electrons. The van der Waals surface area contributed by atoms with Gasteiger partial charge in [0.15, 0.2) is 0 Å². The van der Waals surface area contributed by atoms with Crippen LogP contribution in [0.5, 0.6) is 0 Å². The summed E-state index contributed by atoms with van der Waals surface area (Å²) in [6.45, 7) is 6.28. The van der Waals surface area contributed by atoms with E-state index < -0.39 is 0 Å². The second-order valence-corrected chi connectivity index (χ2v) is 5.17. The van der Waals surface area contributed by atoms with E-state index >= 15 is 0 Å². The monoisotopic (exact) mass is 261 g/mol. The summed E-state index contributed by atoms with van der Waals surface area (Å²) in [5.41, 5.74) is 7.00. The highest BCUT2D eigenvalue weighted by atomic mass is 14.9. The largest absolute Gasteiger partial charge is 0.338 e. The maximum atomic E-state index is 9.16. The Morgan fingerprint density at radius 1 is 1.10 bits per heavy atom. The molecule has 0 amide bonds. The lowest BCUT2D eigenvalue weighted by atomic mass is 9.99. The fourth-order valence-corrected chi connectivity index (χ4v) is 2.79. The Kier molecular flexibility index (Phi) is 2.80. The summed E-state index contributed by atoms with van der Waals surface area (Å²) in [4.78, 5) is 7.95. The molecular formula is C17H15N3. The van der Waals surface area contributed by atoms with Crippen molar-refractivity contribution in [3.8, 4) is 17.5 Å². The molecule has 3 aromatic rings. The quantitative estimate of drug-likeness (QED) is 0.719. The van der Waals surface area contributed by atoms with Crippen molar-refractivity contribution in [1.82, 2.24) is 9.97 Å². The van der Waals surface area contributed by atoms with Gasteiger partial charge >= 0.3 is 0 Å². The zero-order valence-corrected chi connectivity index (χ0v) is 11.8. The van der Waals surface area contributed by atoms with Crippen LogP contribution in [-0.2, 0) is 0 Å². The Morgan fingerprint density at radius 3 is 2.45 bits per heavy atom. The predicted molar refractivity (Wildman–Crippen MR) is 80.5 cm³/mol. The summed E-state index contributed by atoms with van der Waals surface area (Å²) in [6, 6.07) is 12.1. The molecule has 0 aliphatic heterocycles. The molecule has 3 rings (SSSR count). The normalized spacial score (nSPS) is 10.7. The SMILES string of the molecule is Cc1cc(C)c(-c2nc3c(C#N)cccc3[nH]2)c(C)c1. The fraction of sp³-hybridized carbons (Fsp3) is 0.176. The summed E-state index contributed by atoms with van der Waals surface area (Å²) >= 11 is 0. The predicted octanol–water partition coefficient (Wildman–Crippen LogP) is 4.03. The molecule has 0 unspecified atom stereocenters. The maximum absolute atomic E-state index is 9.16. The van der Waals surface area contributed by atoms with Crippen molar-refractivity contribution in [2.24, 2.45) is 0 Å². The number of nitrogens with one attached hydrogen (secondary N) is 1. The first-order valence-corrected chi connectivity index (χ1v) is 6.57. The van der Waals surface area contributed by atoms with Crippen molar-refractivity contribution >= 4 is 11.0 Å². The van der Waals surface area contributed by atoms with Crippen LogP contribution >= 0.6 is 0 Å². The Balaban J connectivity index is 2.29. The minimum atomic E-state index is 0.604. The van der Waals surface area contributed by atoms with E-state index in [0.717, 1.165) is 22.4 Å². The van der Waals surface area contributed by atoms with Gasteiger partial charge in [0.2, 0.25) is 0 Å². The van der Waals surface area contributed by atoms with Crippen LogP contribution in [0, 0.1) is 32.1 Å². The standard InChI is InChI=1S/C17H15N3/c1-10-7-11(2)15(12(3)8-10)17-19-14-6-4-5-13(9-18)16(14)20-17/h4-8H,1-3H3,(H,19,20). The van der Waals surface area contributed by atoms with Crippen molar-refractivity contribution in [1.29, 1.82) is 5.26 Å². The number of rotatable bonds is 1. The highest BCUT2D eigenvalue weighted by Gasteiger charge is 2.12. The van der Waals surface area contributed by atoms with Crippen molar-refractivity contribution in [2.75, 3.05) is 0 Å². The molecule has 1 N–H and O–H groups in total. The van der Waals surface area contributed by atoms with E-state index in [0.29, 0.717) is 5.56 Å². The second kappa shape index (κ2) is 4.50. The molecule has 0 aliphatic carbocycles. The zero-order chi connectivity index (χ0) is 14.3. The third-order valence-electron chi connectivity index (χ3n) is 3.55. The molecule has 0 fully saturated rings. The Hall–Kier alpha value is -2.60. The van der Waals surface area contributed by atoms with Crippen molar-refractivity contribution in [2.45, 2.75) is 20.8 Å². The number of aromatic nitrogens is 2. The van der Waals surface area contributed by atoms with Gasteiger partial charge in [0.1, 0.15) is 17.4 Å². The second-order valence-electron chi connectivity index (χ2n) is 5.17. The lowest BCUT2D eigenvalue weighted by molar-refractivity contribution is 1.25. The van der Waals surface area contributed by atoms with E-state index in [1.165, 1.54) is 16.7 Å². The summed E-state index contributed by atoms with van der Waals surface area (Å²) < 4.78 is 0. The summed E-state index contributed by atoms with van der Waals surface area (Å²) in [5, 5.41) is 9.16. The number of imidazole rings is 1. The third-order valence-corrected chi connectivity index (χ3v) is 3.55. The van der Waals surface area contributed by atoms with Crippen LogP contribution in [-0.4, -0.2) is 9.97 Å². The van der Waals surface area contributed by atoms with Crippen LogP contribution in [0.3, 0.4) is 0 Å². The molecule has 0 atom stereocenters. The van der Waals surface area contributed by atoms with Gasteiger partial charge in [0, 0.05) is 5.56 Å². The van der Waals surface area contributed by atoms with E-state index in [2.05, 4.69) is 48.9 Å². The molecule has 20 heavy (non-hydrogen) atoms. The molecule has 1 heterocycles. The average molecular weight is 261 g/mol. The molecule has 1 aromatic heterocycles. The van der Waals surface area contributed by atoms with Crippen LogP contribution in [0.1, 0.15) is 22.3 Å². The number of fused-ring (bicyclic) bond motifs is 1. The first-order valence-electron chi connectivity index (χ1n) is 6.57. The summed E-state index contributed by atoms with van der Waals surface area (Å²) in [5.74, 6) is 0.831. The molecule has 0 spiro atoms. The molecule has 0 radical (unpaired) electrons. The number of hydrogen-bond acceptors (Lipinski definition) is 2. The average Bonchev–Trinajstić information content (AvgIpc) is 2.80. The molecule has 0 saturated heterocycles. The highest BCUT2D eigenvalue weighted by Crippen LogP contribution is 2.28. The van der Waals surface area contributed by atoms with Gasteiger partial charge in [0.05, 0.1) is 11.1 Å². The van der Waals surface area contributed by atoms with Crippen LogP contribution in [0.4, 0.5) is 0 Å². The fourth-order valence-electron chi connectivity index (χ4n) is 2.79. The Labute approximate surface area is 117 Å². The third kappa shape index (κ3) is 1.86. The zero-order valence-electron chi connectivity index (χ0n) is 11.8. The van der Waals surface area contributed by atoms with E-state index in [1.807, 2.05) is 12.1 Å². The number of aromatic amines is 1. The van der Waals surface area contributed by atoms with Crippen LogP contribution < -0.4 is 0 Å². The topological polar surface area (TPSA) is 52.5 Å². The van der Waals surface area contributed by atoms with Gasteiger partial charge in [-0.1, -0.05) is 23.8 Å². The lowest BCUT2D eigenvalue weighted by Crippen LogP contribution is -1.91. The first-order chi connectivity index (χ1) is 9.60. The van der Waals surface area contributed by atoms with Gasteiger partial charge in [-0.3, -0.25) is 0 Å². The summed E-state index contributed by atoms with van der Waals surface area (Å²) in [6.07, 6.45) is 0. The van der Waals surface area contributed by atoms with Gasteiger partial charge < -0.3 is 4.98 Å². The molecule has 0 aliphatic rings. The van der Waals surface area contributed by atoms with Crippen LogP contribution in [0.2, 0.25) is 0 Å².